The highest BCUT2D eigenvalue weighted by atomic mass is 16.2. The molecule has 1 fully saturated rings. The molecule has 0 saturated carbocycles. The van der Waals surface area contributed by atoms with E-state index < -0.39 is 6.04 Å². The molecule has 1 atom stereocenters. The summed E-state index contributed by atoms with van der Waals surface area (Å²) in [5, 5.41) is 8.26. The number of carbonyl (C=O) groups excluding carboxylic acids is 1. The molecule has 6 nitrogen and oxygen atoms in total. The maximum Gasteiger partial charge on any atom is 0.240 e. The number of fused-ring (bicyclic) bond motifs is 3. The van der Waals surface area contributed by atoms with Gasteiger partial charge >= 0.3 is 0 Å². The second kappa shape index (κ2) is 5.94. The van der Waals surface area contributed by atoms with Crippen molar-refractivity contribution in [3.8, 4) is 0 Å². The van der Waals surface area contributed by atoms with Crippen LogP contribution in [0.25, 0.3) is 10.9 Å². The third-order valence-corrected chi connectivity index (χ3v) is 5.14. The summed E-state index contributed by atoms with van der Waals surface area (Å²) in [6.45, 7) is 4.62. The number of amides is 1. The fraction of sp³-hybridized carbons (Fsp3) is 0.529. The number of aromatic amines is 1. The fourth-order valence-corrected chi connectivity index (χ4v) is 3.78. The predicted molar refractivity (Wildman–Crippen MR) is 88.9 cm³/mol. The highest BCUT2D eigenvalue weighted by molar-refractivity contribution is 5.87. The normalized spacial score (nSPS) is 22.6. The van der Waals surface area contributed by atoms with E-state index in [9.17, 15) is 4.79 Å². The summed E-state index contributed by atoms with van der Waals surface area (Å²) in [5.74, 6) is 0.0667. The molecule has 3 N–H and O–H groups in total. The van der Waals surface area contributed by atoms with Crippen molar-refractivity contribution in [2.45, 2.75) is 31.8 Å². The zero-order valence-corrected chi connectivity index (χ0v) is 13.3. The SMILES string of the molecule is NC1Cc2ccc3[nH]ncc3c2CN(CCN2CCCC2)C1=O. The highest BCUT2D eigenvalue weighted by Crippen LogP contribution is 2.26. The lowest BCUT2D eigenvalue weighted by Crippen LogP contribution is -2.45. The van der Waals surface area contributed by atoms with E-state index in [-0.39, 0.29) is 5.91 Å². The lowest BCUT2D eigenvalue weighted by molar-refractivity contribution is -0.133. The van der Waals surface area contributed by atoms with Crippen LogP contribution >= 0.6 is 0 Å². The average molecular weight is 313 g/mol. The van der Waals surface area contributed by atoms with Crippen LogP contribution in [0.2, 0.25) is 0 Å². The van der Waals surface area contributed by atoms with Crippen LogP contribution in [0.15, 0.2) is 18.3 Å². The van der Waals surface area contributed by atoms with Crippen molar-refractivity contribution in [1.29, 1.82) is 0 Å². The summed E-state index contributed by atoms with van der Waals surface area (Å²) in [5.41, 5.74) is 9.54. The van der Waals surface area contributed by atoms with Gasteiger partial charge in [0.25, 0.3) is 0 Å². The number of nitrogens with one attached hydrogen (secondary N) is 1. The summed E-state index contributed by atoms with van der Waals surface area (Å²) in [6, 6.07) is 3.66. The Bertz CT molecular complexity index is 719. The van der Waals surface area contributed by atoms with Crippen molar-refractivity contribution >= 4 is 16.8 Å². The molecule has 122 valence electrons. The topological polar surface area (TPSA) is 78.2 Å². The van der Waals surface area contributed by atoms with Crippen molar-refractivity contribution in [1.82, 2.24) is 20.0 Å². The molecule has 1 unspecified atom stereocenters. The first-order valence-electron chi connectivity index (χ1n) is 8.43. The summed E-state index contributed by atoms with van der Waals surface area (Å²) >= 11 is 0. The number of hydrogen-bond donors (Lipinski definition) is 2. The van der Waals surface area contributed by atoms with Gasteiger partial charge in [-0.1, -0.05) is 6.07 Å². The summed E-state index contributed by atoms with van der Waals surface area (Å²) in [6.07, 6.45) is 5.00. The summed E-state index contributed by atoms with van der Waals surface area (Å²) < 4.78 is 0. The van der Waals surface area contributed by atoms with Gasteiger partial charge in [-0.05, 0) is 49.5 Å². The molecule has 1 saturated heterocycles. The molecule has 0 spiro atoms. The number of nitrogens with two attached hydrogens (primary N) is 1. The van der Waals surface area contributed by atoms with Gasteiger partial charge in [-0.25, -0.2) is 0 Å². The fourth-order valence-electron chi connectivity index (χ4n) is 3.78. The van der Waals surface area contributed by atoms with Crippen LogP contribution in [-0.2, 0) is 17.8 Å². The van der Waals surface area contributed by atoms with Gasteiger partial charge in [0.1, 0.15) is 0 Å². The minimum Gasteiger partial charge on any atom is -0.336 e. The van der Waals surface area contributed by atoms with Crippen LogP contribution in [0.1, 0.15) is 24.0 Å². The second-order valence-corrected chi connectivity index (χ2v) is 6.65. The number of aromatic nitrogens is 2. The molecule has 6 heteroatoms. The Morgan fingerprint density at radius 2 is 2.09 bits per heavy atom. The van der Waals surface area contributed by atoms with Crippen molar-refractivity contribution in [2.75, 3.05) is 26.2 Å². The number of nitrogens with zero attached hydrogens (tertiary/aromatic N) is 3. The van der Waals surface area contributed by atoms with E-state index in [1.165, 1.54) is 24.0 Å². The van der Waals surface area contributed by atoms with Gasteiger partial charge in [0.2, 0.25) is 5.91 Å². The first kappa shape index (κ1) is 14.7. The third kappa shape index (κ3) is 2.72. The maximum atomic E-state index is 12.7. The van der Waals surface area contributed by atoms with Crippen LogP contribution in [-0.4, -0.2) is 58.1 Å². The number of hydrogen-bond acceptors (Lipinski definition) is 4. The summed E-state index contributed by atoms with van der Waals surface area (Å²) in [7, 11) is 0. The van der Waals surface area contributed by atoms with Crippen LogP contribution in [0.3, 0.4) is 0 Å². The average Bonchev–Trinajstić information content (AvgIpc) is 3.21. The molecule has 0 aliphatic carbocycles. The van der Waals surface area contributed by atoms with Gasteiger partial charge in [-0.2, -0.15) is 5.10 Å². The summed E-state index contributed by atoms with van der Waals surface area (Å²) in [4.78, 5) is 17.0. The first-order chi connectivity index (χ1) is 11.2. The number of likely N-dealkylation sites (tertiary alicyclic amines) is 1. The third-order valence-electron chi connectivity index (χ3n) is 5.14. The van der Waals surface area contributed by atoms with Gasteiger partial charge in [-0.15, -0.1) is 0 Å². The molecule has 2 aromatic rings. The van der Waals surface area contributed by atoms with E-state index in [0.29, 0.717) is 13.0 Å². The van der Waals surface area contributed by atoms with Gasteiger partial charge in [-0.3, -0.25) is 9.89 Å². The van der Waals surface area contributed by atoms with Crippen molar-refractivity contribution in [3.63, 3.8) is 0 Å². The van der Waals surface area contributed by atoms with Crippen molar-refractivity contribution in [3.05, 3.63) is 29.5 Å². The van der Waals surface area contributed by atoms with E-state index >= 15 is 0 Å². The Labute approximate surface area is 135 Å². The highest BCUT2D eigenvalue weighted by Gasteiger charge is 2.28. The van der Waals surface area contributed by atoms with E-state index in [4.69, 9.17) is 5.73 Å². The Hall–Kier alpha value is -1.92. The molecule has 1 aromatic heterocycles. The molecular formula is C17H23N5O. The van der Waals surface area contributed by atoms with Crippen LogP contribution < -0.4 is 5.73 Å². The molecule has 3 heterocycles. The molecule has 0 radical (unpaired) electrons. The zero-order valence-electron chi connectivity index (χ0n) is 13.3. The molecule has 2 aliphatic heterocycles. The van der Waals surface area contributed by atoms with Gasteiger partial charge < -0.3 is 15.5 Å². The smallest absolute Gasteiger partial charge is 0.240 e. The molecule has 4 rings (SSSR count). The quantitative estimate of drug-likeness (QED) is 0.881. The van der Waals surface area contributed by atoms with E-state index in [1.54, 1.807) is 0 Å². The molecule has 2 aliphatic rings. The lowest BCUT2D eigenvalue weighted by atomic mass is 9.99. The monoisotopic (exact) mass is 313 g/mol. The molecule has 1 amide bonds. The minimum atomic E-state index is -0.445. The largest absolute Gasteiger partial charge is 0.336 e. The van der Waals surface area contributed by atoms with E-state index in [1.807, 2.05) is 17.2 Å². The molecular weight excluding hydrogens is 290 g/mol. The lowest BCUT2D eigenvalue weighted by Gasteiger charge is -2.26. The first-order valence-corrected chi connectivity index (χ1v) is 8.43. The second-order valence-electron chi connectivity index (χ2n) is 6.65. The minimum absolute atomic E-state index is 0.0667. The van der Waals surface area contributed by atoms with E-state index in [2.05, 4.69) is 21.2 Å². The van der Waals surface area contributed by atoms with Gasteiger partial charge in [0, 0.05) is 25.0 Å². The van der Waals surface area contributed by atoms with Crippen molar-refractivity contribution < 1.29 is 4.79 Å². The number of rotatable bonds is 3. The Balaban J connectivity index is 1.61. The molecule has 0 bridgehead atoms. The van der Waals surface area contributed by atoms with E-state index in [0.717, 1.165) is 37.1 Å². The number of benzene rings is 1. The maximum absolute atomic E-state index is 12.7. The standard InChI is InChI=1S/C17H23N5O/c18-15-9-12-3-4-16-13(10-19-20-16)14(12)11-22(17(15)23)8-7-21-5-1-2-6-21/h3-4,10,15H,1-2,5-9,11,18H2,(H,19,20). The Kier molecular flexibility index (Phi) is 3.79. The number of carbonyl (C=O) groups is 1. The van der Waals surface area contributed by atoms with Gasteiger partial charge in [0.05, 0.1) is 17.8 Å². The molecule has 23 heavy (non-hydrogen) atoms. The predicted octanol–water partition coefficient (Wildman–Crippen LogP) is 0.871. The molecule has 1 aromatic carbocycles. The van der Waals surface area contributed by atoms with Crippen LogP contribution in [0, 0.1) is 0 Å². The van der Waals surface area contributed by atoms with Crippen molar-refractivity contribution in [2.24, 2.45) is 5.73 Å². The Morgan fingerprint density at radius 3 is 2.91 bits per heavy atom. The Morgan fingerprint density at radius 1 is 1.26 bits per heavy atom. The zero-order chi connectivity index (χ0) is 15.8. The number of H-pyrrole nitrogens is 1. The van der Waals surface area contributed by atoms with Crippen LogP contribution in [0.4, 0.5) is 0 Å². The van der Waals surface area contributed by atoms with Crippen LogP contribution in [0.5, 0.6) is 0 Å². The van der Waals surface area contributed by atoms with Gasteiger partial charge in [0.15, 0.2) is 0 Å².